The summed E-state index contributed by atoms with van der Waals surface area (Å²) in [5.74, 6) is -0.174. The number of hydrogen-bond donors (Lipinski definition) is 2. The summed E-state index contributed by atoms with van der Waals surface area (Å²) < 4.78 is 13.6. The van der Waals surface area contributed by atoms with Gasteiger partial charge >= 0.3 is 0 Å². The Kier molecular flexibility index (Phi) is 4.06. The minimum absolute atomic E-state index is 0.174. The highest BCUT2D eigenvalue weighted by Gasteiger charge is 2.28. The van der Waals surface area contributed by atoms with Crippen LogP contribution in [0.15, 0.2) is 22.8 Å². The molecule has 0 bridgehead atoms. The van der Waals surface area contributed by atoms with Gasteiger partial charge in [0.2, 0.25) is 5.91 Å². The number of pyridine rings is 1. The molecule has 1 aliphatic rings. The zero-order valence-corrected chi connectivity index (χ0v) is 10.7. The molecule has 1 aromatic heterocycles. The van der Waals surface area contributed by atoms with Crippen LogP contribution in [0.3, 0.4) is 0 Å². The summed E-state index contributed by atoms with van der Waals surface area (Å²) in [5, 5.41) is 5.57. The number of halogens is 2. The zero-order chi connectivity index (χ0) is 12.3. The molecule has 1 amide bonds. The fourth-order valence-corrected chi connectivity index (χ4v) is 2.12. The SMILES string of the molecule is O=C(NCc1cccc(Br)n1)C1CC(F)CN1. The third kappa shape index (κ3) is 3.47. The molecule has 0 aliphatic carbocycles. The first-order valence-electron chi connectivity index (χ1n) is 5.42. The minimum Gasteiger partial charge on any atom is -0.349 e. The van der Waals surface area contributed by atoms with E-state index in [-0.39, 0.29) is 18.9 Å². The summed E-state index contributed by atoms with van der Waals surface area (Å²) in [7, 11) is 0. The maximum Gasteiger partial charge on any atom is 0.237 e. The fourth-order valence-electron chi connectivity index (χ4n) is 1.74. The number of hydrogen-bond acceptors (Lipinski definition) is 3. The van der Waals surface area contributed by atoms with Crippen molar-refractivity contribution in [2.45, 2.75) is 25.2 Å². The van der Waals surface area contributed by atoms with Crippen LogP contribution in [-0.2, 0) is 11.3 Å². The maximum atomic E-state index is 12.9. The largest absolute Gasteiger partial charge is 0.349 e. The second-order valence-electron chi connectivity index (χ2n) is 3.96. The number of carbonyl (C=O) groups excluding carboxylic acids is 1. The van der Waals surface area contributed by atoms with E-state index in [0.717, 1.165) is 10.3 Å². The van der Waals surface area contributed by atoms with Crippen LogP contribution in [-0.4, -0.2) is 29.6 Å². The lowest BCUT2D eigenvalue weighted by Crippen LogP contribution is -2.40. The minimum atomic E-state index is -0.922. The molecule has 2 unspecified atom stereocenters. The third-order valence-corrected chi connectivity index (χ3v) is 3.05. The van der Waals surface area contributed by atoms with Gasteiger partial charge in [0.1, 0.15) is 10.8 Å². The van der Waals surface area contributed by atoms with Crippen LogP contribution in [0.1, 0.15) is 12.1 Å². The normalized spacial score (nSPS) is 23.6. The van der Waals surface area contributed by atoms with Crippen LogP contribution < -0.4 is 10.6 Å². The Bertz CT molecular complexity index is 415. The van der Waals surface area contributed by atoms with E-state index in [1.807, 2.05) is 18.2 Å². The monoisotopic (exact) mass is 301 g/mol. The van der Waals surface area contributed by atoms with Crippen molar-refractivity contribution in [3.05, 3.63) is 28.5 Å². The smallest absolute Gasteiger partial charge is 0.237 e. The molecule has 2 N–H and O–H groups in total. The lowest BCUT2D eigenvalue weighted by Gasteiger charge is -2.10. The van der Waals surface area contributed by atoms with Gasteiger partial charge in [-0.25, -0.2) is 9.37 Å². The Balaban J connectivity index is 1.84. The summed E-state index contributed by atoms with van der Waals surface area (Å²) in [6.45, 7) is 0.612. The summed E-state index contributed by atoms with van der Waals surface area (Å²) in [4.78, 5) is 15.9. The predicted molar refractivity (Wildman–Crippen MR) is 65.1 cm³/mol. The van der Waals surface area contributed by atoms with E-state index in [2.05, 4.69) is 31.5 Å². The first-order valence-corrected chi connectivity index (χ1v) is 6.21. The van der Waals surface area contributed by atoms with E-state index < -0.39 is 12.2 Å². The number of nitrogens with one attached hydrogen (secondary N) is 2. The quantitative estimate of drug-likeness (QED) is 0.824. The Labute approximate surface area is 107 Å². The van der Waals surface area contributed by atoms with E-state index in [9.17, 15) is 9.18 Å². The Morgan fingerprint density at radius 3 is 3.12 bits per heavy atom. The van der Waals surface area contributed by atoms with Gasteiger partial charge in [-0.1, -0.05) is 6.07 Å². The van der Waals surface area contributed by atoms with Gasteiger partial charge in [-0.3, -0.25) is 4.79 Å². The van der Waals surface area contributed by atoms with Gasteiger partial charge in [0.05, 0.1) is 18.3 Å². The Morgan fingerprint density at radius 2 is 2.47 bits per heavy atom. The molecule has 0 spiro atoms. The van der Waals surface area contributed by atoms with Crippen LogP contribution in [0.4, 0.5) is 4.39 Å². The van der Waals surface area contributed by atoms with Crippen LogP contribution >= 0.6 is 15.9 Å². The number of amides is 1. The van der Waals surface area contributed by atoms with Gasteiger partial charge in [0.15, 0.2) is 0 Å². The summed E-state index contributed by atoms with van der Waals surface area (Å²) >= 11 is 3.26. The van der Waals surface area contributed by atoms with Gasteiger partial charge in [-0.2, -0.15) is 0 Å². The molecule has 17 heavy (non-hydrogen) atoms. The van der Waals surface area contributed by atoms with Gasteiger partial charge < -0.3 is 10.6 Å². The highest BCUT2D eigenvalue weighted by Crippen LogP contribution is 2.10. The number of nitrogens with zero attached hydrogens (tertiary/aromatic N) is 1. The first kappa shape index (κ1) is 12.4. The molecule has 1 fully saturated rings. The molecule has 0 radical (unpaired) electrons. The molecule has 4 nitrogen and oxygen atoms in total. The molecule has 2 atom stereocenters. The van der Waals surface area contributed by atoms with Gasteiger partial charge in [0.25, 0.3) is 0 Å². The lowest BCUT2D eigenvalue weighted by atomic mass is 10.2. The number of carbonyl (C=O) groups is 1. The molecule has 1 aliphatic heterocycles. The maximum absolute atomic E-state index is 12.9. The van der Waals surface area contributed by atoms with E-state index in [4.69, 9.17) is 0 Å². The average molecular weight is 302 g/mol. The Hall–Kier alpha value is -1.01. The van der Waals surface area contributed by atoms with Crippen LogP contribution in [0.25, 0.3) is 0 Å². The van der Waals surface area contributed by atoms with E-state index >= 15 is 0 Å². The van der Waals surface area contributed by atoms with Crippen molar-refractivity contribution in [3.8, 4) is 0 Å². The number of rotatable bonds is 3. The van der Waals surface area contributed by atoms with Crippen LogP contribution in [0.5, 0.6) is 0 Å². The van der Waals surface area contributed by atoms with Gasteiger partial charge in [-0.15, -0.1) is 0 Å². The standard InChI is InChI=1S/C11H13BrFN3O/c12-10-3-1-2-8(16-10)6-15-11(17)9-4-7(13)5-14-9/h1-3,7,9,14H,4-6H2,(H,15,17). The molecule has 0 saturated carbocycles. The first-order chi connectivity index (χ1) is 8.15. The second-order valence-corrected chi connectivity index (χ2v) is 4.78. The van der Waals surface area contributed by atoms with Crippen molar-refractivity contribution >= 4 is 21.8 Å². The van der Waals surface area contributed by atoms with Gasteiger partial charge in [0, 0.05) is 13.0 Å². The van der Waals surface area contributed by atoms with E-state index in [1.54, 1.807) is 0 Å². The third-order valence-electron chi connectivity index (χ3n) is 2.61. The van der Waals surface area contributed by atoms with Crippen LogP contribution in [0, 0.1) is 0 Å². The summed E-state index contributed by atoms with van der Waals surface area (Å²) in [6.07, 6.45) is -0.674. The molecular formula is C11H13BrFN3O. The number of alkyl halides is 1. The van der Waals surface area contributed by atoms with Crippen molar-refractivity contribution in [1.82, 2.24) is 15.6 Å². The molecule has 0 aromatic carbocycles. The van der Waals surface area contributed by atoms with Crippen molar-refractivity contribution in [3.63, 3.8) is 0 Å². The molecule has 1 aromatic rings. The molecular weight excluding hydrogens is 289 g/mol. The lowest BCUT2D eigenvalue weighted by molar-refractivity contribution is -0.123. The van der Waals surface area contributed by atoms with Crippen LogP contribution in [0.2, 0.25) is 0 Å². The van der Waals surface area contributed by atoms with Gasteiger partial charge in [-0.05, 0) is 28.1 Å². The fraction of sp³-hybridized carbons (Fsp3) is 0.455. The summed E-state index contributed by atoms with van der Waals surface area (Å²) in [6, 6.07) is 5.07. The molecule has 6 heteroatoms. The van der Waals surface area contributed by atoms with Crippen molar-refractivity contribution in [2.24, 2.45) is 0 Å². The van der Waals surface area contributed by atoms with Crippen molar-refractivity contribution in [2.75, 3.05) is 6.54 Å². The van der Waals surface area contributed by atoms with Crippen molar-refractivity contribution in [1.29, 1.82) is 0 Å². The van der Waals surface area contributed by atoms with Crippen molar-refractivity contribution < 1.29 is 9.18 Å². The van der Waals surface area contributed by atoms with E-state index in [1.165, 1.54) is 0 Å². The summed E-state index contributed by atoms with van der Waals surface area (Å²) in [5.41, 5.74) is 0.766. The zero-order valence-electron chi connectivity index (χ0n) is 9.12. The Morgan fingerprint density at radius 1 is 1.65 bits per heavy atom. The average Bonchev–Trinajstić information content (AvgIpc) is 2.73. The molecule has 2 heterocycles. The highest BCUT2D eigenvalue weighted by molar-refractivity contribution is 9.10. The predicted octanol–water partition coefficient (Wildman–Crippen LogP) is 1.16. The van der Waals surface area contributed by atoms with E-state index in [0.29, 0.717) is 6.54 Å². The molecule has 2 rings (SSSR count). The highest BCUT2D eigenvalue weighted by atomic mass is 79.9. The molecule has 1 saturated heterocycles. The topological polar surface area (TPSA) is 54.0 Å². The molecule has 92 valence electrons. The second kappa shape index (κ2) is 5.55. The number of aromatic nitrogens is 1.